The van der Waals surface area contributed by atoms with Gasteiger partial charge in [0.2, 0.25) is 11.8 Å². The van der Waals surface area contributed by atoms with Gasteiger partial charge in [-0.1, -0.05) is 42.4 Å². The number of carbonyl (C=O) groups excluding carboxylic acids is 2. The van der Waals surface area contributed by atoms with Crippen molar-refractivity contribution in [2.24, 2.45) is 0 Å². The molecule has 1 atom stereocenters. The maximum atomic E-state index is 14.3. The molecule has 2 aromatic carbocycles. The Morgan fingerprint density at radius 3 is 2.70 bits per heavy atom. The van der Waals surface area contributed by atoms with Gasteiger partial charge in [-0.25, -0.2) is 14.2 Å². The molecule has 6 rings (SSSR count). The maximum absolute atomic E-state index is 14.3. The molecule has 1 aliphatic heterocycles. The number of nitrogens with zero attached hydrogens (tertiary/aromatic N) is 3. The van der Waals surface area contributed by atoms with E-state index in [0.29, 0.717) is 30.0 Å². The Kier molecular flexibility index (Phi) is 7.42. The van der Waals surface area contributed by atoms with E-state index in [2.05, 4.69) is 27.5 Å². The Labute approximate surface area is 256 Å². The number of pyridine rings is 1. The van der Waals surface area contributed by atoms with Crippen molar-refractivity contribution in [1.82, 2.24) is 19.4 Å². The average molecular weight is 615 g/mol. The minimum atomic E-state index is -0.747. The van der Waals surface area contributed by atoms with Gasteiger partial charge in [-0.05, 0) is 55.2 Å². The molecule has 224 valence electrons. The Hall–Kier alpha value is -5.03. The highest BCUT2D eigenvalue weighted by Crippen LogP contribution is 2.46. The summed E-state index contributed by atoms with van der Waals surface area (Å²) in [6.45, 7) is 5.28. The molecule has 4 aromatic rings. The molecule has 10 nitrogen and oxygen atoms in total. The van der Waals surface area contributed by atoms with E-state index in [1.165, 1.54) is 18.3 Å². The Bertz CT molecular complexity index is 1990. The molecule has 0 bridgehead atoms. The summed E-state index contributed by atoms with van der Waals surface area (Å²) in [5, 5.41) is 8.40. The number of nitrogens with one attached hydrogen (secondary N) is 3. The number of amides is 2. The highest BCUT2D eigenvalue weighted by atomic mass is 35.5. The summed E-state index contributed by atoms with van der Waals surface area (Å²) in [6, 6.07) is 13.2. The minimum absolute atomic E-state index is 0.0221. The van der Waals surface area contributed by atoms with E-state index in [9.17, 15) is 23.6 Å². The van der Waals surface area contributed by atoms with Crippen LogP contribution in [-0.2, 0) is 40.9 Å². The number of allylic oxidation sites excluding steroid dienone is 1. The lowest BCUT2D eigenvalue weighted by molar-refractivity contribution is -0.120. The van der Waals surface area contributed by atoms with Gasteiger partial charge in [0.1, 0.15) is 18.2 Å². The summed E-state index contributed by atoms with van der Waals surface area (Å²) in [7, 11) is 0. The number of benzene rings is 2. The van der Waals surface area contributed by atoms with Crippen molar-refractivity contribution in [3.63, 3.8) is 0 Å². The van der Waals surface area contributed by atoms with Gasteiger partial charge in [-0.15, -0.1) is 0 Å². The summed E-state index contributed by atoms with van der Waals surface area (Å²) in [5.74, 6) is -0.771. The van der Waals surface area contributed by atoms with Crippen molar-refractivity contribution >= 4 is 34.9 Å². The number of anilines is 2. The molecule has 12 heteroatoms. The topological polar surface area (TPSA) is 127 Å². The fourth-order valence-corrected chi connectivity index (χ4v) is 6.17. The first-order valence-electron chi connectivity index (χ1n) is 13.9. The molecular weight excluding hydrogens is 587 g/mol. The van der Waals surface area contributed by atoms with Crippen LogP contribution in [0.25, 0.3) is 11.1 Å². The minimum Gasteiger partial charge on any atom is -0.387 e. The van der Waals surface area contributed by atoms with E-state index in [-0.39, 0.29) is 35.1 Å². The number of aromatic nitrogens is 3. The van der Waals surface area contributed by atoms with Crippen LogP contribution in [0, 0.1) is 5.82 Å². The second-order valence-corrected chi connectivity index (χ2v) is 11.4. The van der Waals surface area contributed by atoms with E-state index in [1.54, 1.807) is 19.2 Å². The van der Waals surface area contributed by atoms with Crippen molar-refractivity contribution < 1.29 is 14.0 Å². The molecule has 0 fully saturated rings. The van der Waals surface area contributed by atoms with Gasteiger partial charge in [0.25, 0.3) is 5.56 Å². The van der Waals surface area contributed by atoms with Crippen LogP contribution < -0.4 is 27.2 Å². The number of hydrogen-bond donors (Lipinski definition) is 3. The third kappa shape index (κ3) is 5.09. The van der Waals surface area contributed by atoms with Gasteiger partial charge >= 0.3 is 5.69 Å². The molecule has 2 amide bonds. The zero-order valence-corrected chi connectivity index (χ0v) is 24.5. The largest absolute Gasteiger partial charge is 0.387 e. The maximum Gasteiger partial charge on any atom is 0.331 e. The van der Waals surface area contributed by atoms with E-state index in [1.807, 2.05) is 24.3 Å². The first-order valence-corrected chi connectivity index (χ1v) is 14.3. The van der Waals surface area contributed by atoms with Crippen molar-refractivity contribution in [2.75, 3.05) is 17.2 Å². The average Bonchev–Trinajstić information content (AvgIpc) is 3.50. The molecule has 0 radical (unpaired) electrons. The van der Waals surface area contributed by atoms with Gasteiger partial charge in [-0.3, -0.25) is 23.5 Å². The lowest BCUT2D eigenvalue weighted by Gasteiger charge is -2.20. The summed E-state index contributed by atoms with van der Waals surface area (Å²) in [6.07, 6.45) is 3.84. The normalized spacial score (nSPS) is 16.4. The molecule has 3 N–H and O–H groups in total. The molecule has 44 heavy (non-hydrogen) atoms. The van der Waals surface area contributed by atoms with Gasteiger partial charge in [-0.2, -0.15) is 0 Å². The molecule has 0 saturated heterocycles. The Balaban J connectivity index is 1.27. The van der Waals surface area contributed by atoms with Crippen LogP contribution >= 0.6 is 11.6 Å². The van der Waals surface area contributed by atoms with Crippen LogP contribution in [0.3, 0.4) is 0 Å². The SMILES string of the molecule is C=C(C)NCCn1c(=O)c(-c2cccc(F)c2Cl)cn(CC(=O)Nc2ccc3c(c2)C[C@@]2(C3)C(=O)Nc3ncccc32)c1=O. The summed E-state index contributed by atoms with van der Waals surface area (Å²) >= 11 is 6.19. The fourth-order valence-electron chi connectivity index (χ4n) is 5.94. The summed E-state index contributed by atoms with van der Waals surface area (Å²) < 4.78 is 16.4. The molecular formula is C32H28ClFN6O4. The van der Waals surface area contributed by atoms with Crippen LogP contribution in [0.4, 0.5) is 15.9 Å². The Morgan fingerprint density at radius 1 is 1.11 bits per heavy atom. The Morgan fingerprint density at radius 2 is 1.91 bits per heavy atom. The van der Waals surface area contributed by atoms with E-state index in [4.69, 9.17) is 11.6 Å². The quantitative estimate of drug-likeness (QED) is 0.278. The molecule has 1 aliphatic carbocycles. The number of halogens is 2. The lowest BCUT2D eigenvalue weighted by Crippen LogP contribution is -2.43. The van der Waals surface area contributed by atoms with E-state index >= 15 is 0 Å². The predicted octanol–water partition coefficient (Wildman–Crippen LogP) is 3.62. The fraction of sp³-hybridized carbons (Fsp3) is 0.219. The van der Waals surface area contributed by atoms with Crippen molar-refractivity contribution in [3.8, 4) is 11.1 Å². The van der Waals surface area contributed by atoms with E-state index in [0.717, 1.165) is 31.9 Å². The second kappa shape index (κ2) is 11.2. The van der Waals surface area contributed by atoms with Gasteiger partial charge in [0.15, 0.2) is 0 Å². The zero-order chi connectivity index (χ0) is 31.2. The third-order valence-corrected chi connectivity index (χ3v) is 8.40. The molecule has 3 heterocycles. The molecule has 2 aliphatic rings. The number of rotatable bonds is 8. The highest BCUT2D eigenvalue weighted by molar-refractivity contribution is 6.33. The lowest BCUT2D eigenvalue weighted by atomic mass is 9.79. The van der Waals surface area contributed by atoms with Gasteiger partial charge in [0, 0.05) is 48.0 Å². The van der Waals surface area contributed by atoms with Crippen molar-refractivity contribution in [2.45, 2.75) is 38.3 Å². The van der Waals surface area contributed by atoms with E-state index < -0.39 is 34.9 Å². The van der Waals surface area contributed by atoms with Gasteiger partial charge < -0.3 is 16.0 Å². The van der Waals surface area contributed by atoms with Gasteiger partial charge in [0.05, 0.1) is 16.0 Å². The zero-order valence-electron chi connectivity index (χ0n) is 23.7. The number of fused-ring (bicyclic) bond motifs is 3. The second-order valence-electron chi connectivity index (χ2n) is 11.0. The third-order valence-electron chi connectivity index (χ3n) is 8.02. The van der Waals surface area contributed by atoms with Crippen molar-refractivity contribution in [1.29, 1.82) is 0 Å². The number of hydrogen-bond acceptors (Lipinski definition) is 6. The smallest absolute Gasteiger partial charge is 0.331 e. The first kappa shape index (κ1) is 29.1. The molecule has 0 saturated carbocycles. The summed E-state index contributed by atoms with van der Waals surface area (Å²) in [5.41, 5.74) is 1.89. The standard InChI is InChI=1S/C32H28ClFN6O4/c1-18(2)35-11-12-40-29(42)23(22-5-3-7-25(34)27(22)33)16-39(31(40)44)17-26(41)37-21-9-8-19-14-32(15-20(19)13-21)24-6-4-10-36-28(24)38-30(32)43/h3-10,13,16,35H,1,11-12,14-15,17H2,2H3,(H,37,41)(H,36,38,43)/t32-/m1/s1. The summed E-state index contributed by atoms with van der Waals surface area (Å²) in [4.78, 5) is 57.3. The van der Waals surface area contributed by atoms with Crippen LogP contribution in [0.1, 0.15) is 23.6 Å². The monoisotopic (exact) mass is 614 g/mol. The van der Waals surface area contributed by atoms with Crippen LogP contribution in [0.5, 0.6) is 0 Å². The van der Waals surface area contributed by atoms with Crippen LogP contribution in [-0.4, -0.2) is 32.5 Å². The van der Waals surface area contributed by atoms with Crippen LogP contribution in [0.2, 0.25) is 5.02 Å². The molecule has 1 spiro atoms. The molecule has 2 aromatic heterocycles. The predicted molar refractivity (Wildman–Crippen MR) is 165 cm³/mol. The first-order chi connectivity index (χ1) is 21.1. The molecule has 0 unspecified atom stereocenters. The highest BCUT2D eigenvalue weighted by Gasteiger charge is 2.51. The van der Waals surface area contributed by atoms with Crippen LogP contribution in [0.15, 0.2) is 82.8 Å². The van der Waals surface area contributed by atoms with Crippen molar-refractivity contribution in [3.05, 3.63) is 122 Å². The number of carbonyl (C=O) groups is 2.